The molecule has 0 amide bonds. The molecule has 0 fully saturated rings. The van der Waals surface area contributed by atoms with Crippen LogP contribution < -0.4 is 0 Å². The largest absolute Gasteiger partial charge is 0.512 e. The molecule has 0 spiro atoms. The zero-order valence-electron chi connectivity index (χ0n) is 20.2. The molecule has 31 heavy (non-hydrogen) atoms. The predicted molar refractivity (Wildman–Crippen MR) is 133 cm³/mol. The number of aliphatic hydroxyl groups is 2. The monoisotopic (exact) mass is 418 g/mol. The normalized spacial score (nSPS) is 17.6. The first kappa shape index (κ1) is 24.5. The van der Waals surface area contributed by atoms with Crippen LogP contribution in [-0.4, -0.2) is 10.2 Å². The fraction of sp³-hybridized carbons (Fsp3) is 0.379. The maximum atomic E-state index is 10.3. The number of rotatable bonds is 7. The van der Waals surface area contributed by atoms with Gasteiger partial charge in [0.1, 0.15) is 5.76 Å². The fourth-order valence-corrected chi connectivity index (χ4v) is 3.70. The Bertz CT molecular complexity index is 976. The summed E-state index contributed by atoms with van der Waals surface area (Å²) in [5.41, 5.74) is 3.70. The van der Waals surface area contributed by atoms with Crippen molar-refractivity contribution in [2.24, 2.45) is 5.41 Å². The highest BCUT2D eigenvalue weighted by Gasteiger charge is 2.30. The Morgan fingerprint density at radius 3 is 2.32 bits per heavy atom. The molecule has 0 aromatic heterocycles. The van der Waals surface area contributed by atoms with Gasteiger partial charge < -0.3 is 10.2 Å². The number of hydrogen-bond donors (Lipinski definition) is 2. The third kappa shape index (κ3) is 5.31. The Morgan fingerprint density at radius 2 is 1.71 bits per heavy atom. The molecule has 0 heterocycles. The van der Waals surface area contributed by atoms with E-state index in [2.05, 4.69) is 70.7 Å². The van der Waals surface area contributed by atoms with Gasteiger partial charge in [-0.05, 0) is 48.3 Å². The van der Waals surface area contributed by atoms with Crippen molar-refractivity contribution in [1.29, 1.82) is 0 Å². The van der Waals surface area contributed by atoms with Crippen LogP contribution in [0.1, 0.15) is 66.0 Å². The summed E-state index contributed by atoms with van der Waals surface area (Å²) in [4.78, 5) is 0. The van der Waals surface area contributed by atoms with Crippen molar-refractivity contribution in [3.63, 3.8) is 0 Å². The average Bonchev–Trinajstić information content (AvgIpc) is 2.86. The summed E-state index contributed by atoms with van der Waals surface area (Å²) in [6, 6.07) is 8.67. The maximum absolute atomic E-state index is 10.3. The fourth-order valence-electron chi connectivity index (χ4n) is 3.70. The lowest BCUT2D eigenvalue weighted by Crippen LogP contribution is -2.23. The summed E-state index contributed by atoms with van der Waals surface area (Å²) in [7, 11) is 0. The van der Waals surface area contributed by atoms with Crippen LogP contribution in [-0.2, 0) is 10.8 Å². The van der Waals surface area contributed by atoms with Gasteiger partial charge in [-0.2, -0.15) is 0 Å². The molecule has 2 rings (SSSR count). The van der Waals surface area contributed by atoms with E-state index in [-0.39, 0.29) is 16.2 Å². The van der Waals surface area contributed by atoms with E-state index in [0.717, 1.165) is 11.1 Å². The molecular weight excluding hydrogens is 380 g/mol. The third-order valence-corrected chi connectivity index (χ3v) is 6.55. The number of aliphatic hydroxyl groups excluding tert-OH is 2. The second kappa shape index (κ2) is 9.18. The van der Waals surface area contributed by atoms with E-state index in [4.69, 9.17) is 0 Å². The molecule has 0 unspecified atom stereocenters. The van der Waals surface area contributed by atoms with Gasteiger partial charge in [0.05, 0.1) is 5.76 Å². The van der Waals surface area contributed by atoms with Crippen molar-refractivity contribution in [3.8, 4) is 0 Å². The summed E-state index contributed by atoms with van der Waals surface area (Å²) in [6.07, 6.45) is 14.2. The van der Waals surface area contributed by atoms with Crippen LogP contribution in [0.4, 0.5) is 0 Å². The molecule has 0 bridgehead atoms. The van der Waals surface area contributed by atoms with Crippen molar-refractivity contribution in [1.82, 2.24) is 0 Å². The Morgan fingerprint density at radius 1 is 1.06 bits per heavy atom. The number of hydrogen-bond acceptors (Lipinski definition) is 2. The van der Waals surface area contributed by atoms with E-state index in [9.17, 15) is 10.2 Å². The van der Waals surface area contributed by atoms with Gasteiger partial charge in [0.25, 0.3) is 0 Å². The highest BCUT2D eigenvalue weighted by Crippen LogP contribution is 2.39. The maximum Gasteiger partial charge on any atom is 0.102 e. The molecule has 0 atom stereocenters. The molecule has 2 nitrogen and oxygen atoms in total. The summed E-state index contributed by atoms with van der Waals surface area (Å²) >= 11 is 0. The quantitative estimate of drug-likeness (QED) is 0.346. The van der Waals surface area contributed by atoms with E-state index in [1.54, 1.807) is 6.08 Å². The van der Waals surface area contributed by atoms with Gasteiger partial charge in [-0.3, -0.25) is 0 Å². The van der Waals surface area contributed by atoms with Crippen molar-refractivity contribution in [2.75, 3.05) is 0 Å². The molecule has 0 saturated carbocycles. The summed E-state index contributed by atoms with van der Waals surface area (Å²) in [5, 5.41) is 20.2. The average molecular weight is 419 g/mol. The van der Waals surface area contributed by atoms with Gasteiger partial charge in [-0.1, -0.05) is 95.8 Å². The van der Waals surface area contributed by atoms with E-state index in [1.807, 2.05) is 45.1 Å². The zero-order chi connectivity index (χ0) is 23.4. The molecule has 2 heteroatoms. The first-order valence-electron chi connectivity index (χ1n) is 11.0. The van der Waals surface area contributed by atoms with Crippen LogP contribution in [0.5, 0.6) is 0 Å². The lowest BCUT2D eigenvalue weighted by molar-refractivity contribution is 0.303. The molecule has 166 valence electrons. The SMILES string of the molecule is C=C/C(=C\C=C(\O)CC)C(C)(C)c1cccc(C(C)(C)C2=CC=C(O)C(C)(C)C=C2)c1. The van der Waals surface area contributed by atoms with Gasteiger partial charge >= 0.3 is 0 Å². The molecule has 0 aliphatic heterocycles. The van der Waals surface area contributed by atoms with E-state index >= 15 is 0 Å². The summed E-state index contributed by atoms with van der Waals surface area (Å²) in [6.45, 7) is 18.7. The molecule has 0 saturated heterocycles. The Labute approximate surface area is 188 Å². The Balaban J connectivity index is 2.50. The number of benzene rings is 1. The minimum absolute atomic E-state index is 0.238. The third-order valence-electron chi connectivity index (χ3n) is 6.55. The van der Waals surface area contributed by atoms with Crippen LogP contribution in [0.3, 0.4) is 0 Å². The van der Waals surface area contributed by atoms with Crippen LogP contribution in [0, 0.1) is 5.41 Å². The van der Waals surface area contributed by atoms with Gasteiger partial charge in [0, 0.05) is 22.7 Å². The molecule has 1 aliphatic carbocycles. The zero-order valence-corrected chi connectivity index (χ0v) is 20.2. The Kier molecular flexibility index (Phi) is 7.26. The lowest BCUT2D eigenvalue weighted by atomic mass is 9.72. The molecule has 1 aromatic carbocycles. The minimum Gasteiger partial charge on any atom is -0.512 e. The highest BCUT2D eigenvalue weighted by molar-refractivity contribution is 5.48. The first-order chi connectivity index (χ1) is 14.4. The van der Waals surface area contributed by atoms with Gasteiger partial charge in [-0.15, -0.1) is 0 Å². The van der Waals surface area contributed by atoms with E-state index < -0.39 is 0 Å². The Hall–Kier alpha value is -2.74. The highest BCUT2D eigenvalue weighted by atomic mass is 16.3. The van der Waals surface area contributed by atoms with Crippen LogP contribution in [0.15, 0.2) is 96.0 Å². The van der Waals surface area contributed by atoms with Crippen LogP contribution in [0.2, 0.25) is 0 Å². The second-order valence-electron chi connectivity index (χ2n) is 9.90. The van der Waals surface area contributed by atoms with Gasteiger partial charge in [-0.25, -0.2) is 0 Å². The van der Waals surface area contributed by atoms with Crippen LogP contribution in [0.25, 0.3) is 0 Å². The lowest BCUT2D eigenvalue weighted by Gasteiger charge is -2.31. The molecule has 0 radical (unpaired) electrons. The van der Waals surface area contributed by atoms with Crippen molar-refractivity contribution < 1.29 is 10.2 Å². The smallest absolute Gasteiger partial charge is 0.102 e. The van der Waals surface area contributed by atoms with Gasteiger partial charge in [0.15, 0.2) is 0 Å². The first-order valence-corrected chi connectivity index (χ1v) is 11.0. The van der Waals surface area contributed by atoms with Crippen molar-refractivity contribution in [3.05, 3.63) is 107 Å². The van der Waals surface area contributed by atoms with E-state index in [1.165, 1.54) is 11.1 Å². The van der Waals surface area contributed by atoms with Gasteiger partial charge in [0.2, 0.25) is 0 Å². The number of allylic oxidation sites excluding steroid dienone is 10. The second-order valence-corrected chi connectivity index (χ2v) is 9.90. The standard InChI is InChI=1S/C29H38O2/c1-9-21(14-16-25(30)10-2)28(5,6)23-12-11-13-24(20-23)29(7,8)22-15-17-26(31)27(3,4)19-18-22/h9,11-20,30-31H,1,10H2,2-8H3/b21-14+,25-16+. The van der Waals surface area contributed by atoms with Crippen LogP contribution >= 0.6 is 0 Å². The molecule has 1 aliphatic rings. The molecular formula is C29H38O2. The molecule has 1 aromatic rings. The van der Waals surface area contributed by atoms with E-state index in [0.29, 0.717) is 17.9 Å². The molecule has 2 N–H and O–H groups in total. The van der Waals surface area contributed by atoms with Crippen molar-refractivity contribution in [2.45, 2.75) is 65.7 Å². The topological polar surface area (TPSA) is 40.5 Å². The summed E-state index contributed by atoms with van der Waals surface area (Å²) in [5.74, 6) is 0.727. The minimum atomic E-state index is -0.376. The predicted octanol–water partition coefficient (Wildman–Crippen LogP) is 8.17. The summed E-state index contributed by atoms with van der Waals surface area (Å²) < 4.78 is 0. The van der Waals surface area contributed by atoms with Crippen molar-refractivity contribution >= 4 is 0 Å².